The Hall–Kier alpha value is -2.08. The lowest BCUT2D eigenvalue weighted by Crippen LogP contribution is -2.43. The summed E-state index contributed by atoms with van der Waals surface area (Å²) in [4.78, 5) is 18.7. The molecule has 3 rings (SSSR count). The van der Waals surface area contributed by atoms with Crippen LogP contribution in [0, 0.1) is 5.41 Å². The van der Waals surface area contributed by atoms with E-state index < -0.39 is 0 Å². The summed E-state index contributed by atoms with van der Waals surface area (Å²) in [6.45, 7) is 6.91. The van der Waals surface area contributed by atoms with Crippen LogP contribution in [0.1, 0.15) is 63.0 Å². The SMILES string of the molecule is CCNC(=NCc1cccc(CN2CCCC2=O)c1)NCC1(CCOC)CCCC1. The number of hydrogen-bond acceptors (Lipinski definition) is 3. The number of methoxy groups -OCH3 is 1. The molecule has 1 amide bonds. The number of amides is 1. The van der Waals surface area contributed by atoms with E-state index in [9.17, 15) is 4.79 Å². The molecule has 6 nitrogen and oxygen atoms in total. The number of nitrogens with zero attached hydrogens (tertiary/aromatic N) is 2. The molecule has 0 bridgehead atoms. The van der Waals surface area contributed by atoms with Gasteiger partial charge < -0.3 is 20.3 Å². The maximum atomic E-state index is 11.9. The molecule has 0 aromatic heterocycles. The fraction of sp³-hybridized carbons (Fsp3) is 0.667. The number of benzene rings is 1. The van der Waals surface area contributed by atoms with Crippen molar-refractivity contribution in [2.45, 2.75) is 65.0 Å². The van der Waals surface area contributed by atoms with E-state index in [0.717, 1.165) is 45.0 Å². The van der Waals surface area contributed by atoms with Crippen LogP contribution in [-0.4, -0.2) is 50.1 Å². The molecule has 1 aliphatic carbocycles. The normalized spacial score (nSPS) is 18.8. The average molecular weight is 415 g/mol. The summed E-state index contributed by atoms with van der Waals surface area (Å²) in [6.07, 6.45) is 7.92. The van der Waals surface area contributed by atoms with Gasteiger partial charge in [-0.3, -0.25) is 4.79 Å². The van der Waals surface area contributed by atoms with Crippen LogP contribution in [0.3, 0.4) is 0 Å². The minimum absolute atomic E-state index is 0.270. The largest absolute Gasteiger partial charge is 0.385 e. The van der Waals surface area contributed by atoms with Gasteiger partial charge in [0.25, 0.3) is 0 Å². The first kappa shape index (κ1) is 22.6. The minimum atomic E-state index is 0.270. The van der Waals surface area contributed by atoms with E-state index >= 15 is 0 Å². The number of likely N-dealkylation sites (tertiary alicyclic amines) is 1. The summed E-state index contributed by atoms with van der Waals surface area (Å²) in [5.41, 5.74) is 2.68. The molecule has 0 radical (unpaired) electrons. The van der Waals surface area contributed by atoms with Gasteiger partial charge >= 0.3 is 0 Å². The molecule has 1 heterocycles. The predicted molar refractivity (Wildman–Crippen MR) is 121 cm³/mol. The van der Waals surface area contributed by atoms with Gasteiger partial charge in [0, 0.05) is 46.3 Å². The van der Waals surface area contributed by atoms with Gasteiger partial charge in [-0.1, -0.05) is 37.1 Å². The number of carbonyl (C=O) groups is 1. The lowest BCUT2D eigenvalue weighted by molar-refractivity contribution is -0.128. The summed E-state index contributed by atoms with van der Waals surface area (Å²) in [5.74, 6) is 1.15. The second-order valence-corrected chi connectivity index (χ2v) is 8.74. The highest BCUT2D eigenvalue weighted by Gasteiger charge is 2.33. The van der Waals surface area contributed by atoms with Crippen LogP contribution in [0.15, 0.2) is 29.3 Å². The number of carbonyl (C=O) groups excluding carboxylic acids is 1. The molecule has 166 valence electrons. The van der Waals surface area contributed by atoms with E-state index in [1.165, 1.54) is 36.8 Å². The molecule has 0 atom stereocenters. The van der Waals surface area contributed by atoms with Crippen LogP contribution in [-0.2, 0) is 22.6 Å². The molecular formula is C24H38N4O2. The Morgan fingerprint density at radius 2 is 2.00 bits per heavy atom. The molecule has 1 aromatic rings. The van der Waals surface area contributed by atoms with Gasteiger partial charge in [-0.15, -0.1) is 0 Å². The van der Waals surface area contributed by atoms with Gasteiger partial charge in [0.15, 0.2) is 5.96 Å². The zero-order chi connectivity index (χ0) is 21.2. The Labute approximate surface area is 181 Å². The Morgan fingerprint density at radius 1 is 1.20 bits per heavy atom. The summed E-state index contributed by atoms with van der Waals surface area (Å²) >= 11 is 0. The van der Waals surface area contributed by atoms with Crippen molar-refractivity contribution in [1.82, 2.24) is 15.5 Å². The predicted octanol–water partition coefficient (Wildman–Crippen LogP) is 3.46. The van der Waals surface area contributed by atoms with Crippen molar-refractivity contribution in [3.8, 4) is 0 Å². The quantitative estimate of drug-likeness (QED) is 0.455. The van der Waals surface area contributed by atoms with Crippen molar-refractivity contribution in [3.05, 3.63) is 35.4 Å². The van der Waals surface area contributed by atoms with Crippen LogP contribution in [0.4, 0.5) is 0 Å². The number of nitrogens with one attached hydrogen (secondary N) is 2. The minimum Gasteiger partial charge on any atom is -0.385 e. The molecular weight excluding hydrogens is 376 g/mol. The second kappa shape index (κ2) is 11.3. The first-order valence-electron chi connectivity index (χ1n) is 11.5. The van der Waals surface area contributed by atoms with Crippen molar-refractivity contribution in [2.75, 3.05) is 33.4 Å². The topological polar surface area (TPSA) is 66.0 Å². The lowest BCUT2D eigenvalue weighted by Gasteiger charge is -2.30. The van der Waals surface area contributed by atoms with Gasteiger partial charge in [0.05, 0.1) is 6.54 Å². The Bertz CT molecular complexity index is 713. The first-order chi connectivity index (χ1) is 14.6. The van der Waals surface area contributed by atoms with E-state index in [4.69, 9.17) is 9.73 Å². The van der Waals surface area contributed by atoms with Gasteiger partial charge in [-0.05, 0) is 49.1 Å². The summed E-state index contributed by atoms with van der Waals surface area (Å²) in [5, 5.41) is 6.98. The molecule has 2 N–H and O–H groups in total. The third-order valence-electron chi connectivity index (χ3n) is 6.43. The molecule has 1 aliphatic heterocycles. The number of ether oxygens (including phenoxy) is 1. The average Bonchev–Trinajstić information content (AvgIpc) is 3.39. The summed E-state index contributed by atoms with van der Waals surface area (Å²) in [6, 6.07) is 8.45. The number of hydrogen-bond donors (Lipinski definition) is 2. The Morgan fingerprint density at radius 3 is 2.70 bits per heavy atom. The molecule has 2 fully saturated rings. The number of rotatable bonds is 10. The lowest BCUT2D eigenvalue weighted by atomic mass is 9.83. The summed E-state index contributed by atoms with van der Waals surface area (Å²) < 4.78 is 5.36. The van der Waals surface area contributed by atoms with Crippen LogP contribution in [0.25, 0.3) is 0 Å². The monoisotopic (exact) mass is 414 g/mol. The van der Waals surface area contributed by atoms with Crippen LogP contribution in [0.5, 0.6) is 0 Å². The molecule has 1 saturated heterocycles. The van der Waals surface area contributed by atoms with Crippen molar-refractivity contribution < 1.29 is 9.53 Å². The fourth-order valence-electron chi connectivity index (χ4n) is 4.66. The highest BCUT2D eigenvalue weighted by molar-refractivity contribution is 5.79. The first-order valence-corrected chi connectivity index (χ1v) is 11.5. The van der Waals surface area contributed by atoms with Gasteiger partial charge in [0.2, 0.25) is 5.91 Å². The van der Waals surface area contributed by atoms with Gasteiger partial charge in [0.1, 0.15) is 0 Å². The summed E-state index contributed by atoms with van der Waals surface area (Å²) in [7, 11) is 1.79. The highest BCUT2D eigenvalue weighted by atomic mass is 16.5. The van der Waals surface area contributed by atoms with Crippen LogP contribution < -0.4 is 10.6 Å². The molecule has 6 heteroatoms. The maximum Gasteiger partial charge on any atom is 0.222 e. The molecule has 1 aromatic carbocycles. The maximum absolute atomic E-state index is 11.9. The molecule has 0 unspecified atom stereocenters. The number of aliphatic imine (C=N–C) groups is 1. The van der Waals surface area contributed by atoms with E-state index in [1.807, 2.05) is 4.90 Å². The third kappa shape index (κ3) is 6.46. The van der Waals surface area contributed by atoms with Crippen LogP contribution >= 0.6 is 0 Å². The number of guanidine groups is 1. The molecule has 30 heavy (non-hydrogen) atoms. The van der Waals surface area contributed by atoms with Gasteiger partial charge in [-0.2, -0.15) is 0 Å². The third-order valence-corrected chi connectivity index (χ3v) is 6.43. The zero-order valence-electron chi connectivity index (χ0n) is 18.7. The van der Waals surface area contributed by atoms with E-state index in [1.54, 1.807) is 7.11 Å². The van der Waals surface area contributed by atoms with Crippen molar-refractivity contribution in [1.29, 1.82) is 0 Å². The molecule has 1 saturated carbocycles. The van der Waals surface area contributed by atoms with Crippen molar-refractivity contribution in [2.24, 2.45) is 10.4 Å². The fourth-order valence-corrected chi connectivity index (χ4v) is 4.66. The Balaban J connectivity index is 1.58. The smallest absolute Gasteiger partial charge is 0.222 e. The highest BCUT2D eigenvalue weighted by Crippen LogP contribution is 2.40. The van der Waals surface area contributed by atoms with Crippen LogP contribution in [0.2, 0.25) is 0 Å². The van der Waals surface area contributed by atoms with E-state index in [0.29, 0.717) is 24.9 Å². The molecule has 2 aliphatic rings. The zero-order valence-corrected chi connectivity index (χ0v) is 18.7. The van der Waals surface area contributed by atoms with Crippen molar-refractivity contribution >= 4 is 11.9 Å². The van der Waals surface area contributed by atoms with Crippen molar-refractivity contribution in [3.63, 3.8) is 0 Å². The van der Waals surface area contributed by atoms with E-state index in [2.05, 4.69) is 41.8 Å². The molecule has 0 spiro atoms. The Kier molecular flexibility index (Phi) is 8.55. The standard InChI is InChI=1S/C24H38N4O2/c1-3-25-23(27-19-24(13-15-30-2)11-4-5-12-24)26-17-20-8-6-9-21(16-20)18-28-14-7-10-22(28)29/h6,8-9,16H,3-5,7,10-15,17-19H2,1-2H3,(H2,25,26,27). The van der Waals surface area contributed by atoms with Gasteiger partial charge in [-0.25, -0.2) is 4.99 Å². The second-order valence-electron chi connectivity index (χ2n) is 8.74. The van der Waals surface area contributed by atoms with E-state index in [-0.39, 0.29) is 5.91 Å².